The summed E-state index contributed by atoms with van der Waals surface area (Å²) in [5.41, 5.74) is 6.27. The average Bonchev–Trinajstić information content (AvgIpc) is 2.34. The molecular weight excluding hydrogens is 270 g/mol. The van der Waals surface area contributed by atoms with Gasteiger partial charge in [-0.2, -0.15) is 0 Å². The fourth-order valence-corrected chi connectivity index (χ4v) is 1.81. The van der Waals surface area contributed by atoms with E-state index in [1.54, 1.807) is 24.1 Å². The molecule has 0 unspecified atom stereocenters. The molecule has 0 aliphatic carbocycles. The maximum Gasteiger partial charge on any atom is 0.251 e. The van der Waals surface area contributed by atoms with Crippen molar-refractivity contribution in [2.75, 3.05) is 26.7 Å². The lowest BCUT2D eigenvalue weighted by Crippen LogP contribution is -2.26. The maximum atomic E-state index is 12.1. The first-order valence-electron chi connectivity index (χ1n) is 5.99. The van der Waals surface area contributed by atoms with Crippen molar-refractivity contribution < 1.29 is 13.5 Å². The van der Waals surface area contributed by atoms with Crippen LogP contribution in [-0.4, -0.2) is 43.1 Å². The topological polar surface area (TPSA) is 38.5 Å². The minimum absolute atomic E-state index is 0.219. The third-order valence-electron chi connectivity index (χ3n) is 2.54. The van der Waals surface area contributed by atoms with Gasteiger partial charge in [-0.05, 0) is 25.6 Å². The van der Waals surface area contributed by atoms with Crippen LogP contribution in [0.2, 0.25) is 0 Å². The molecule has 0 aliphatic heterocycles. The molecule has 0 amide bonds. The molecule has 1 aromatic rings. The van der Waals surface area contributed by atoms with E-state index in [1.807, 2.05) is 12.1 Å². The summed E-state index contributed by atoms with van der Waals surface area (Å²) in [7, 11) is 1.66. The summed E-state index contributed by atoms with van der Waals surface area (Å²) in [5, 5.41) is 0. The normalized spacial score (nSPS) is 11.0. The molecule has 19 heavy (non-hydrogen) atoms. The van der Waals surface area contributed by atoms with Crippen LogP contribution >= 0.6 is 12.2 Å². The van der Waals surface area contributed by atoms with Crippen LogP contribution in [0.25, 0.3) is 0 Å². The minimum Gasteiger partial charge on any atom is -0.493 e. The first kappa shape index (κ1) is 15.8. The Labute approximate surface area is 117 Å². The van der Waals surface area contributed by atoms with Gasteiger partial charge in [0.25, 0.3) is 6.43 Å². The van der Waals surface area contributed by atoms with E-state index >= 15 is 0 Å². The molecule has 0 atom stereocenters. The number of hydrogen-bond acceptors (Lipinski definition) is 3. The molecule has 0 radical (unpaired) electrons. The van der Waals surface area contributed by atoms with Gasteiger partial charge in [0.1, 0.15) is 10.7 Å². The molecule has 0 aromatic heterocycles. The second-order valence-corrected chi connectivity index (χ2v) is 4.66. The number of ether oxygens (including phenoxy) is 1. The third-order valence-corrected chi connectivity index (χ3v) is 2.76. The van der Waals surface area contributed by atoms with Crippen LogP contribution in [0.4, 0.5) is 8.78 Å². The van der Waals surface area contributed by atoms with Gasteiger partial charge in [-0.1, -0.05) is 24.4 Å². The van der Waals surface area contributed by atoms with Crippen molar-refractivity contribution >= 4 is 17.2 Å². The van der Waals surface area contributed by atoms with Gasteiger partial charge in [-0.15, -0.1) is 0 Å². The molecule has 0 saturated carbocycles. The van der Waals surface area contributed by atoms with E-state index in [4.69, 9.17) is 22.7 Å². The van der Waals surface area contributed by atoms with E-state index in [0.29, 0.717) is 30.9 Å². The van der Waals surface area contributed by atoms with E-state index in [-0.39, 0.29) is 11.5 Å². The molecule has 106 valence electrons. The molecule has 0 bridgehead atoms. The highest BCUT2D eigenvalue weighted by molar-refractivity contribution is 7.80. The van der Waals surface area contributed by atoms with Crippen LogP contribution < -0.4 is 10.5 Å². The Kier molecular flexibility index (Phi) is 6.66. The van der Waals surface area contributed by atoms with Gasteiger partial charge in [0.2, 0.25) is 0 Å². The summed E-state index contributed by atoms with van der Waals surface area (Å²) in [5.74, 6) is 0.631. The van der Waals surface area contributed by atoms with E-state index in [1.165, 1.54) is 0 Å². The van der Waals surface area contributed by atoms with Crippen molar-refractivity contribution in [1.29, 1.82) is 0 Å². The number of nitrogens with two attached hydrogens (primary N) is 1. The highest BCUT2D eigenvalue weighted by Crippen LogP contribution is 2.17. The highest BCUT2D eigenvalue weighted by Gasteiger charge is 2.08. The van der Waals surface area contributed by atoms with Crippen LogP contribution in [0, 0.1) is 0 Å². The number of para-hydroxylation sites is 1. The summed E-state index contributed by atoms with van der Waals surface area (Å²) in [6, 6.07) is 7.25. The molecule has 0 spiro atoms. The largest absolute Gasteiger partial charge is 0.493 e. The van der Waals surface area contributed by atoms with Crippen LogP contribution in [0.1, 0.15) is 12.0 Å². The third kappa shape index (κ3) is 5.94. The molecule has 0 saturated heterocycles. The van der Waals surface area contributed by atoms with E-state index < -0.39 is 6.43 Å². The second kappa shape index (κ2) is 8.01. The molecule has 0 aliphatic rings. The minimum atomic E-state index is -2.30. The molecule has 2 N–H and O–H groups in total. The quantitative estimate of drug-likeness (QED) is 0.588. The van der Waals surface area contributed by atoms with Crippen LogP contribution in [-0.2, 0) is 0 Å². The maximum absolute atomic E-state index is 12.1. The van der Waals surface area contributed by atoms with Crippen molar-refractivity contribution in [1.82, 2.24) is 4.90 Å². The van der Waals surface area contributed by atoms with E-state index in [0.717, 1.165) is 0 Å². The van der Waals surface area contributed by atoms with Gasteiger partial charge >= 0.3 is 0 Å². The molecule has 1 rings (SSSR count). The molecule has 3 nitrogen and oxygen atoms in total. The first-order valence-corrected chi connectivity index (χ1v) is 6.40. The smallest absolute Gasteiger partial charge is 0.251 e. The predicted molar refractivity (Wildman–Crippen MR) is 75.9 cm³/mol. The van der Waals surface area contributed by atoms with Crippen molar-refractivity contribution in [3.8, 4) is 5.75 Å². The summed E-state index contributed by atoms with van der Waals surface area (Å²) in [6.45, 7) is 0.774. The predicted octanol–water partition coefficient (Wildman–Crippen LogP) is 2.29. The number of rotatable bonds is 8. The number of nitrogens with zero attached hydrogens (tertiary/aromatic N) is 1. The number of alkyl halides is 2. The van der Waals surface area contributed by atoms with Gasteiger partial charge in [0.05, 0.1) is 18.7 Å². The highest BCUT2D eigenvalue weighted by atomic mass is 32.1. The fraction of sp³-hybridized carbons (Fsp3) is 0.462. The van der Waals surface area contributed by atoms with Crippen molar-refractivity contribution in [2.45, 2.75) is 12.8 Å². The van der Waals surface area contributed by atoms with Gasteiger partial charge in [0.15, 0.2) is 0 Å². The van der Waals surface area contributed by atoms with Crippen LogP contribution in [0.3, 0.4) is 0 Å². The first-order chi connectivity index (χ1) is 9.00. The van der Waals surface area contributed by atoms with Crippen molar-refractivity contribution in [3.63, 3.8) is 0 Å². The van der Waals surface area contributed by atoms with Crippen molar-refractivity contribution in [2.24, 2.45) is 5.73 Å². The summed E-state index contributed by atoms with van der Waals surface area (Å²) >= 11 is 4.92. The van der Waals surface area contributed by atoms with Gasteiger partial charge < -0.3 is 15.4 Å². The van der Waals surface area contributed by atoms with Gasteiger partial charge in [-0.3, -0.25) is 0 Å². The summed E-state index contributed by atoms with van der Waals surface area (Å²) in [6.07, 6.45) is -1.64. The Morgan fingerprint density at radius 1 is 1.42 bits per heavy atom. The zero-order valence-electron chi connectivity index (χ0n) is 10.8. The molecule has 0 heterocycles. The average molecular weight is 288 g/mol. The van der Waals surface area contributed by atoms with Crippen LogP contribution in [0.15, 0.2) is 24.3 Å². The fourth-order valence-electron chi connectivity index (χ4n) is 1.64. The number of hydrogen-bond donors (Lipinski definition) is 1. The van der Waals surface area contributed by atoms with E-state index in [9.17, 15) is 8.78 Å². The zero-order chi connectivity index (χ0) is 14.3. The van der Waals surface area contributed by atoms with Gasteiger partial charge in [-0.25, -0.2) is 8.78 Å². The Morgan fingerprint density at radius 2 is 2.11 bits per heavy atom. The lowest BCUT2D eigenvalue weighted by molar-refractivity contribution is 0.0977. The zero-order valence-corrected chi connectivity index (χ0v) is 11.6. The standard InChI is InChI=1S/C13H18F2N2OS/c1-17(9-12(14)15)7-4-8-18-11-6-3-2-5-10(11)13(16)19/h2-3,5-6,12H,4,7-9H2,1H3,(H2,16,19). The Morgan fingerprint density at radius 3 is 2.74 bits per heavy atom. The van der Waals surface area contributed by atoms with Crippen molar-refractivity contribution in [3.05, 3.63) is 29.8 Å². The lowest BCUT2D eigenvalue weighted by Gasteiger charge is -2.16. The number of thiocarbonyl (C=S) groups is 1. The van der Waals surface area contributed by atoms with Crippen LogP contribution in [0.5, 0.6) is 5.75 Å². The Balaban J connectivity index is 2.35. The monoisotopic (exact) mass is 288 g/mol. The second-order valence-electron chi connectivity index (χ2n) is 4.22. The Hall–Kier alpha value is -1.27. The van der Waals surface area contributed by atoms with E-state index in [2.05, 4.69) is 0 Å². The summed E-state index contributed by atoms with van der Waals surface area (Å²) < 4.78 is 29.8. The Bertz CT molecular complexity index is 415. The molecular formula is C13H18F2N2OS. The summed E-state index contributed by atoms with van der Waals surface area (Å²) in [4.78, 5) is 1.86. The number of halogens is 2. The van der Waals surface area contributed by atoms with Gasteiger partial charge in [0, 0.05) is 6.54 Å². The molecule has 0 fully saturated rings. The number of benzene rings is 1. The lowest BCUT2D eigenvalue weighted by atomic mass is 10.2. The molecule has 1 aromatic carbocycles. The molecule has 6 heteroatoms. The SMILES string of the molecule is CN(CCCOc1ccccc1C(N)=S)CC(F)F.